The van der Waals surface area contributed by atoms with E-state index in [2.05, 4.69) is 24.1 Å². The summed E-state index contributed by atoms with van der Waals surface area (Å²) in [5.41, 5.74) is 3.60. The van der Waals surface area contributed by atoms with Crippen LogP contribution < -0.4 is 4.74 Å². The van der Waals surface area contributed by atoms with Crippen molar-refractivity contribution in [1.29, 1.82) is 0 Å². The molecular formula is C13H15NO. The van der Waals surface area contributed by atoms with Crippen LogP contribution in [0.4, 0.5) is 0 Å². The van der Waals surface area contributed by atoms with E-state index >= 15 is 0 Å². The highest BCUT2D eigenvalue weighted by atomic mass is 16.5. The summed E-state index contributed by atoms with van der Waals surface area (Å²) in [5.74, 6) is 0.921. The molecule has 0 aliphatic carbocycles. The molecule has 0 bridgehead atoms. The number of para-hydroxylation sites is 1. The molecule has 0 amide bonds. The molecule has 2 nitrogen and oxygen atoms in total. The predicted molar refractivity (Wildman–Crippen MR) is 63.6 cm³/mol. The Morgan fingerprint density at radius 2 is 2.13 bits per heavy atom. The van der Waals surface area contributed by atoms with Gasteiger partial charge in [0, 0.05) is 17.8 Å². The lowest BCUT2D eigenvalue weighted by molar-refractivity contribution is 0.414. The van der Waals surface area contributed by atoms with E-state index in [9.17, 15) is 0 Å². The molecule has 1 aromatic rings. The van der Waals surface area contributed by atoms with Crippen LogP contribution in [0, 0.1) is 0 Å². The van der Waals surface area contributed by atoms with Crippen molar-refractivity contribution in [2.24, 2.45) is 4.99 Å². The first kappa shape index (κ1) is 9.97. The summed E-state index contributed by atoms with van der Waals surface area (Å²) < 4.78 is 5.31. The molecule has 0 saturated carbocycles. The fraction of sp³-hybridized carbons (Fsp3) is 0.308. The first-order valence-corrected chi connectivity index (χ1v) is 5.16. The Morgan fingerprint density at radius 3 is 2.80 bits per heavy atom. The SMILES string of the molecule is COc1ccccc1/C=C1/CCN=C1C. The highest BCUT2D eigenvalue weighted by Gasteiger charge is 2.09. The van der Waals surface area contributed by atoms with Gasteiger partial charge >= 0.3 is 0 Å². The van der Waals surface area contributed by atoms with Crippen molar-refractivity contribution in [1.82, 2.24) is 0 Å². The average molecular weight is 201 g/mol. The van der Waals surface area contributed by atoms with Crippen molar-refractivity contribution in [2.75, 3.05) is 13.7 Å². The number of hydrogen-bond acceptors (Lipinski definition) is 2. The van der Waals surface area contributed by atoms with Gasteiger partial charge in [-0.1, -0.05) is 18.2 Å². The van der Waals surface area contributed by atoms with Crippen LogP contribution in [0.15, 0.2) is 34.8 Å². The molecule has 1 heterocycles. The van der Waals surface area contributed by atoms with E-state index in [1.54, 1.807) is 7.11 Å². The first-order valence-electron chi connectivity index (χ1n) is 5.16. The normalized spacial score (nSPS) is 18.0. The van der Waals surface area contributed by atoms with Crippen molar-refractivity contribution < 1.29 is 4.74 Å². The van der Waals surface area contributed by atoms with E-state index in [1.807, 2.05) is 18.2 Å². The first-order chi connectivity index (χ1) is 7.31. The molecule has 1 aromatic carbocycles. The van der Waals surface area contributed by atoms with Crippen LogP contribution in [0.5, 0.6) is 5.75 Å². The van der Waals surface area contributed by atoms with Crippen LogP contribution in [0.1, 0.15) is 18.9 Å². The quantitative estimate of drug-likeness (QED) is 0.721. The minimum Gasteiger partial charge on any atom is -0.496 e. The van der Waals surface area contributed by atoms with Crippen molar-refractivity contribution in [3.8, 4) is 5.75 Å². The van der Waals surface area contributed by atoms with Crippen molar-refractivity contribution in [3.63, 3.8) is 0 Å². The number of hydrogen-bond donors (Lipinski definition) is 0. The Hall–Kier alpha value is -1.57. The molecule has 0 spiro atoms. The maximum absolute atomic E-state index is 5.31. The van der Waals surface area contributed by atoms with Crippen LogP contribution in [-0.4, -0.2) is 19.4 Å². The second kappa shape index (κ2) is 4.30. The van der Waals surface area contributed by atoms with Crippen molar-refractivity contribution in [2.45, 2.75) is 13.3 Å². The Morgan fingerprint density at radius 1 is 1.33 bits per heavy atom. The monoisotopic (exact) mass is 201 g/mol. The average Bonchev–Trinajstić information content (AvgIpc) is 2.65. The van der Waals surface area contributed by atoms with E-state index in [0.717, 1.165) is 30.0 Å². The Kier molecular flexibility index (Phi) is 2.86. The van der Waals surface area contributed by atoms with Gasteiger partial charge in [0.15, 0.2) is 0 Å². The minimum atomic E-state index is 0.921. The van der Waals surface area contributed by atoms with Gasteiger partial charge in [0.05, 0.1) is 7.11 Å². The van der Waals surface area contributed by atoms with Gasteiger partial charge in [0.1, 0.15) is 5.75 Å². The molecule has 0 N–H and O–H groups in total. The van der Waals surface area contributed by atoms with Gasteiger partial charge in [-0.2, -0.15) is 0 Å². The standard InChI is InChI=1S/C13H15NO/c1-10-11(7-8-14-10)9-12-5-3-4-6-13(12)15-2/h3-6,9H,7-8H2,1-2H3/b11-9-. The fourth-order valence-electron chi connectivity index (χ4n) is 1.78. The van der Waals surface area contributed by atoms with Crippen molar-refractivity contribution in [3.05, 3.63) is 35.4 Å². The minimum absolute atomic E-state index is 0.921. The van der Waals surface area contributed by atoms with E-state index in [1.165, 1.54) is 5.57 Å². The molecule has 2 heteroatoms. The third-order valence-corrected chi connectivity index (χ3v) is 2.66. The molecule has 0 unspecified atom stereocenters. The Balaban J connectivity index is 2.34. The highest BCUT2D eigenvalue weighted by molar-refractivity contribution is 6.03. The zero-order valence-corrected chi connectivity index (χ0v) is 9.16. The number of aliphatic imine (C=N–C) groups is 1. The zero-order valence-electron chi connectivity index (χ0n) is 9.16. The third kappa shape index (κ3) is 2.09. The van der Waals surface area contributed by atoms with Crippen LogP contribution >= 0.6 is 0 Å². The maximum atomic E-state index is 5.31. The summed E-state index contributed by atoms with van der Waals surface area (Å²) in [4.78, 5) is 4.38. The lowest BCUT2D eigenvalue weighted by Gasteiger charge is -2.05. The molecule has 0 atom stereocenters. The topological polar surface area (TPSA) is 21.6 Å². The van der Waals surface area contributed by atoms with Gasteiger partial charge in [-0.3, -0.25) is 4.99 Å². The molecule has 1 aliphatic rings. The molecule has 2 rings (SSSR count). The zero-order chi connectivity index (χ0) is 10.7. The lowest BCUT2D eigenvalue weighted by atomic mass is 10.1. The molecule has 15 heavy (non-hydrogen) atoms. The molecular weight excluding hydrogens is 186 g/mol. The number of methoxy groups -OCH3 is 1. The summed E-state index contributed by atoms with van der Waals surface area (Å²) in [5, 5.41) is 0. The lowest BCUT2D eigenvalue weighted by Crippen LogP contribution is -1.91. The van der Waals surface area contributed by atoms with Crippen LogP contribution in [0.25, 0.3) is 6.08 Å². The van der Waals surface area contributed by atoms with Crippen LogP contribution in [-0.2, 0) is 0 Å². The van der Waals surface area contributed by atoms with E-state index in [0.29, 0.717) is 0 Å². The van der Waals surface area contributed by atoms with Gasteiger partial charge in [-0.15, -0.1) is 0 Å². The van der Waals surface area contributed by atoms with Crippen LogP contribution in [0.2, 0.25) is 0 Å². The van der Waals surface area contributed by atoms with Crippen molar-refractivity contribution >= 4 is 11.8 Å². The van der Waals surface area contributed by atoms with E-state index in [-0.39, 0.29) is 0 Å². The van der Waals surface area contributed by atoms with E-state index in [4.69, 9.17) is 4.74 Å². The third-order valence-electron chi connectivity index (χ3n) is 2.66. The van der Waals surface area contributed by atoms with Crippen LogP contribution in [0.3, 0.4) is 0 Å². The Labute approximate surface area is 90.3 Å². The molecule has 0 fully saturated rings. The summed E-state index contributed by atoms with van der Waals surface area (Å²) in [7, 11) is 1.70. The molecule has 0 aromatic heterocycles. The van der Waals surface area contributed by atoms with Gasteiger partial charge in [-0.25, -0.2) is 0 Å². The number of nitrogens with zero attached hydrogens (tertiary/aromatic N) is 1. The smallest absolute Gasteiger partial charge is 0.126 e. The highest BCUT2D eigenvalue weighted by Crippen LogP contribution is 2.23. The van der Waals surface area contributed by atoms with Gasteiger partial charge in [0.25, 0.3) is 0 Å². The Bertz CT molecular complexity index is 418. The second-order valence-electron chi connectivity index (χ2n) is 3.63. The molecule has 78 valence electrons. The molecule has 0 radical (unpaired) electrons. The molecule has 0 saturated heterocycles. The fourth-order valence-corrected chi connectivity index (χ4v) is 1.78. The largest absolute Gasteiger partial charge is 0.496 e. The second-order valence-corrected chi connectivity index (χ2v) is 3.63. The molecule has 1 aliphatic heterocycles. The summed E-state index contributed by atoms with van der Waals surface area (Å²) in [6.07, 6.45) is 3.22. The van der Waals surface area contributed by atoms with E-state index < -0.39 is 0 Å². The maximum Gasteiger partial charge on any atom is 0.126 e. The summed E-state index contributed by atoms with van der Waals surface area (Å²) in [6.45, 7) is 2.99. The number of ether oxygens (including phenoxy) is 1. The van der Waals surface area contributed by atoms with Gasteiger partial charge in [0.2, 0.25) is 0 Å². The predicted octanol–water partition coefficient (Wildman–Crippen LogP) is 2.94. The van der Waals surface area contributed by atoms with Gasteiger partial charge in [-0.05, 0) is 31.1 Å². The van der Waals surface area contributed by atoms with Gasteiger partial charge < -0.3 is 4.74 Å². The number of benzene rings is 1. The summed E-state index contributed by atoms with van der Waals surface area (Å²) in [6, 6.07) is 8.05. The summed E-state index contributed by atoms with van der Waals surface area (Å²) >= 11 is 0. The number of rotatable bonds is 2.